The zero-order chi connectivity index (χ0) is 15.2. The number of rotatable bonds is 7. The van der Waals surface area contributed by atoms with Gasteiger partial charge in [0.05, 0.1) is 12.3 Å². The lowest BCUT2D eigenvalue weighted by molar-refractivity contribution is 0.143. The smallest absolute Gasteiger partial charge is 0.185 e. The Kier molecular flexibility index (Phi) is 6.45. The van der Waals surface area contributed by atoms with Gasteiger partial charge in [0.15, 0.2) is 5.13 Å². The molecular formula is C16H29N3OS. The molecule has 1 aliphatic rings. The molecule has 2 rings (SSSR count). The predicted molar refractivity (Wildman–Crippen MR) is 90.4 cm³/mol. The van der Waals surface area contributed by atoms with Gasteiger partial charge in [0, 0.05) is 31.6 Å². The van der Waals surface area contributed by atoms with Crippen LogP contribution in [-0.2, 0) is 11.3 Å². The molecule has 1 saturated heterocycles. The highest BCUT2D eigenvalue weighted by molar-refractivity contribution is 7.15. The van der Waals surface area contributed by atoms with Crippen LogP contribution in [0.25, 0.3) is 0 Å². The summed E-state index contributed by atoms with van der Waals surface area (Å²) in [5.74, 6) is 1.13. The van der Waals surface area contributed by atoms with Gasteiger partial charge in [-0.1, -0.05) is 20.8 Å². The first-order valence-electron chi connectivity index (χ1n) is 8.09. The summed E-state index contributed by atoms with van der Waals surface area (Å²) in [6.07, 6.45) is 2.52. The predicted octanol–water partition coefficient (Wildman–Crippen LogP) is 3.24. The first-order valence-corrected chi connectivity index (χ1v) is 8.91. The maximum Gasteiger partial charge on any atom is 0.185 e. The van der Waals surface area contributed by atoms with Crippen LogP contribution < -0.4 is 10.2 Å². The van der Waals surface area contributed by atoms with E-state index in [9.17, 15) is 0 Å². The van der Waals surface area contributed by atoms with E-state index in [0.717, 1.165) is 32.8 Å². The highest BCUT2D eigenvalue weighted by atomic mass is 32.1. The SMILES string of the molecule is CCNCc1sc(N2CCCC(COC)C2)nc1C(C)C. The molecule has 1 aliphatic heterocycles. The molecule has 1 N–H and O–H groups in total. The molecule has 2 heterocycles. The van der Waals surface area contributed by atoms with Gasteiger partial charge in [0.1, 0.15) is 0 Å². The standard InChI is InChI=1S/C16H29N3OS/c1-5-17-9-14-15(12(2)3)18-16(21-14)19-8-6-7-13(10-19)11-20-4/h12-13,17H,5-11H2,1-4H3. The van der Waals surface area contributed by atoms with E-state index in [-0.39, 0.29) is 0 Å². The van der Waals surface area contributed by atoms with E-state index in [2.05, 4.69) is 31.0 Å². The van der Waals surface area contributed by atoms with E-state index >= 15 is 0 Å². The Morgan fingerprint density at radius 1 is 1.48 bits per heavy atom. The van der Waals surface area contributed by atoms with E-state index in [0.29, 0.717) is 11.8 Å². The second-order valence-electron chi connectivity index (χ2n) is 6.15. The molecule has 0 spiro atoms. The summed E-state index contributed by atoms with van der Waals surface area (Å²) >= 11 is 1.87. The van der Waals surface area contributed by atoms with E-state index in [1.54, 1.807) is 7.11 Å². The molecule has 1 aromatic heterocycles. The molecule has 1 aromatic rings. The molecule has 0 aliphatic carbocycles. The summed E-state index contributed by atoms with van der Waals surface area (Å²) in [5, 5.41) is 4.64. The van der Waals surface area contributed by atoms with E-state index < -0.39 is 0 Å². The minimum absolute atomic E-state index is 0.489. The number of anilines is 1. The Labute approximate surface area is 132 Å². The number of hydrogen-bond acceptors (Lipinski definition) is 5. The molecule has 1 atom stereocenters. The Balaban J connectivity index is 2.11. The van der Waals surface area contributed by atoms with Gasteiger partial charge >= 0.3 is 0 Å². The molecule has 0 aromatic carbocycles. The molecule has 0 amide bonds. The summed E-state index contributed by atoms with van der Waals surface area (Å²) in [6, 6.07) is 0. The summed E-state index contributed by atoms with van der Waals surface area (Å²) < 4.78 is 5.33. The number of methoxy groups -OCH3 is 1. The minimum Gasteiger partial charge on any atom is -0.384 e. The lowest BCUT2D eigenvalue weighted by Crippen LogP contribution is -2.37. The van der Waals surface area contributed by atoms with Crippen molar-refractivity contribution in [3.05, 3.63) is 10.6 Å². The van der Waals surface area contributed by atoms with Gasteiger partial charge in [-0.3, -0.25) is 0 Å². The van der Waals surface area contributed by atoms with Crippen molar-refractivity contribution in [2.45, 2.75) is 46.1 Å². The Hall–Kier alpha value is -0.650. The van der Waals surface area contributed by atoms with Crippen LogP contribution >= 0.6 is 11.3 Å². The van der Waals surface area contributed by atoms with Crippen LogP contribution in [-0.4, -0.2) is 38.3 Å². The second kappa shape index (κ2) is 8.11. The molecule has 1 unspecified atom stereocenters. The number of thiazole rings is 1. The van der Waals surface area contributed by atoms with Gasteiger partial charge in [0.2, 0.25) is 0 Å². The van der Waals surface area contributed by atoms with Crippen LogP contribution in [0.15, 0.2) is 0 Å². The van der Waals surface area contributed by atoms with Crippen LogP contribution in [0.4, 0.5) is 5.13 Å². The second-order valence-corrected chi connectivity index (χ2v) is 7.21. The fraction of sp³-hybridized carbons (Fsp3) is 0.812. The maximum atomic E-state index is 5.33. The van der Waals surface area contributed by atoms with Gasteiger partial charge < -0.3 is 15.0 Å². The molecular weight excluding hydrogens is 282 g/mol. The molecule has 4 nitrogen and oxygen atoms in total. The molecule has 0 radical (unpaired) electrons. The quantitative estimate of drug-likeness (QED) is 0.839. The van der Waals surface area contributed by atoms with Gasteiger partial charge in [0.25, 0.3) is 0 Å². The van der Waals surface area contributed by atoms with Gasteiger partial charge in [-0.15, -0.1) is 11.3 Å². The highest BCUT2D eigenvalue weighted by Crippen LogP contribution is 2.33. The number of aromatic nitrogens is 1. The fourth-order valence-corrected chi connectivity index (χ4v) is 4.13. The van der Waals surface area contributed by atoms with Crippen molar-refractivity contribution in [3.63, 3.8) is 0 Å². The fourth-order valence-electron chi connectivity index (χ4n) is 2.91. The molecule has 1 fully saturated rings. The summed E-state index contributed by atoms with van der Waals surface area (Å²) in [6.45, 7) is 11.6. The average molecular weight is 311 g/mol. The first kappa shape index (κ1) is 16.7. The van der Waals surface area contributed by atoms with E-state index in [1.807, 2.05) is 11.3 Å². The molecule has 0 saturated carbocycles. The Morgan fingerprint density at radius 3 is 2.95 bits per heavy atom. The Bertz CT molecular complexity index is 431. The molecule has 0 bridgehead atoms. The third kappa shape index (κ3) is 4.41. The maximum absolute atomic E-state index is 5.33. The van der Waals surface area contributed by atoms with Crippen LogP contribution in [0.2, 0.25) is 0 Å². The number of nitrogens with one attached hydrogen (secondary N) is 1. The molecule has 21 heavy (non-hydrogen) atoms. The third-order valence-corrected chi connectivity index (χ3v) is 5.12. The van der Waals surface area contributed by atoms with Gasteiger partial charge in [-0.25, -0.2) is 4.98 Å². The van der Waals surface area contributed by atoms with Crippen LogP contribution in [0.3, 0.4) is 0 Å². The van der Waals surface area contributed by atoms with Crippen molar-refractivity contribution in [3.8, 4) is 0 Å². The molecule has 120 valence electrons. The topological polar surface area (TPSA) is 37.4 Å². The average Bonchev–Trinajstić information content (AvgIpc) is 2.90. The summed E-state index contributed by atoms with van der Waals surface area (Å²) in [5.41, 5.74) is 1.27. The van der Waals surface area contributed by atoms with Gasteiger partial charge in [-0.05, 0) is 31.2 Å². The monoisotopic (exact) mass is 311 g/mol. The zero-order valence-electron chi connectivity index (χ0n) is 13.8. The number of ether oxygens (including phenoxy) is 1. The highest BCUT2D eigenvalue weighted by Gasteiger charge is 2.24. The number of nitrogens with zero attached hydrogens (tertiary/aromatic N) is 2. The van der Waals surface area contributed by atoms with Gasteiger partial charge in [-0.2, -0.15) is 0 Å². The summed E-state index contributed by atoms with van der Waals surface area (Å²) in [4.78, 5) is 8.80. The van der Waals surface area contributed by atoms with Crippen LogP contribution in [0, 0.1) is 5.92 Å². The lowest BCUT2D eigenvalue weighted by atomic mass is 9.99. The van der Waals surface area contributed by atoms with Crippen molar-refractivity contribution < 1.29 is 4.74 Å². The van der Waals surface area contributed by atoms with Crippen LogP contribution in [0.1, 0.15) is 50.1 Å². The zero-order valence-corrected chi connectivity index (χ0v) is 14.6. The van der Waals surface area contributed by atoms with Crippen molar-refractivity contribution in [2.24, 2.45) is 5.92 Å². The summed E-state index contributed by atoms with van der Waals surface area (Å²) in [7, 11) is 1.80. The number of hydrogen-bond donors (Lipinski definition) is 1. The van der Waals surface area contributed by atoms with E-state index in [1.165, 1.54) is 28.5 Å². The minimum atomic E-state index is 0.489. The normalized spacial score (nSPS) is 19.5. The Morgan fingerprint density at radius 2 is 2.29 bits per heavy atom. The first-order chi connectivity index (χ1) is 10.2. The largest absolute Gasteiger partial charge is 0.384 e. The van der Waals surface area contributed by atoms with Crippen molar-refractivity contribution in [2.75, 3.05) is 38.3 Å². The van der Waals surface area contributed by atoms with E-state index in [4.69, 9.17) is 9.72 Å². The molecule has 5 heteroatoms. The lowest BCUT2D eigenvalue weighted by Gasteiger charge is -2.32. The van der Waals surface area contributed by atoms with Crippen molar-refractivity contribution >= 4 is 16.5 Å². The van der Waals surface area contributed by atoms with Crippen LogP contribution in [0.5, 0.6) is 0 Å². The van der Waals surface area contributed by atoms with Crippen molar-refractivity contribution in [1.29, 1.82) is 0 Å². The van der Waals surface area contributed by atoms with Crippen molar-refractivity contribution in [1.82, 2.24) is 10.3 Å². The third-order valence-electron chi connectivity index (χ3n) is 3.99. The number of piperidine rings is 1.